The van der Waals surface area contributed by atoms with E-state index >= 15 is 0 Å². The molecule has 2 unspecified atom stereocenters. The number of carbonyl (C=O) groups is 2. The van der Waals surface area contributed by atoms with E-state index in [1.54, 1.807) is 11.8 Å². The summed E-state index contributed by atoms with van der Waals surface area (Å²) in [7, 11) is 0. The summed E-state index contributed by atoms with van der Waals surface area (Å²) in [5.41, 5.74) is 0.901. The fourth-order valence-corrected chi connectivity index (χ4v) is 4.57. The third kappa shape index (κ3) is 5.88. The fraction of sp³-hybridized carbons (Fsp3) is 0.542. The molecular weight excluding hydrogens is 408 g/mol. The maximum Gasteiger partial charge on any atom is 0.222 e. The second-order valence-corrected chi connectivity index (χ2v) is 8.69. The van der Waals surface area contributed by atoms with Gasteiger partial charge in [0, 0.05) is 45.6 Å². The van der Waals surface area contributed by atoms with Crippen molar-refractivity contribution < 1.29 is 18.8 Å². The zero-order valence-electron chi connectivity index (χ0n) is 18.7. The number of benzene rings is 1. The number of ether oxygens (including phenoxy) is 1. The van der Waals surface area contributed by atoms with Crippen molar-refractivity contribution in [2.75, 3.05) is 39.3 Å². The number of nitrogens with zero attached hydrogens (tertiary/aromatic N) is 3. The number of hydrogen-bond donors (Lipinski definition) is 1. The molecule has 32 heavy (non-hydrogen) atoms. The largest absolute Gasteiger partial charge is 0.486 e. The molecule has 2 aliphatic rings. The van der Waals surface area contributed by atoms with E-state index in [2.05, 4.69) is 10.5 Å². The van der Waals surface area contributed by atoms with Crippen LogP contribution in [0, 0.1) is 11.8 Å². The quantitative estimate of drug-likeness (QED) is 0.710. The van der Waals surface area contributed by atoms with Crippen LogP contribution in [0.25, 0.3) is 0 Å². The predicted molar refractivity (Wildman–Crippen MR) is 119 cm³/mol. The molecule has 172 valence electrons. The van der Waals surface area contributed by atoms with E-state index in [4.69, 9.17) is 9.26 Å². The van der Waals surface area contributed by atoms with Crippen molar-refractivity contribution in [2.45, 2.75) is 32.8 Å². The van der Waals surface area contributed by atoms with Crippen LogP contribution in [0.2, 0.25) is 0 Å². The highest BCUT2D eigenvalue weighted by Gasteiger charge is 2.31. The van der Waals surface area contributed by atoms with Gasteiger partial charge in [-0.25, -0.2) is 0 Å². The maximum atomic E-state index is 12.9. The van der Waals surface area contributed by atoms with Crippen molar-refractivity contribution >= 4 is 11.8 Å². The summed E-state index contributed by atoms with van der Waals surface area (Å²) in [6.07, 6.45) is 2.30. The summed E-state index contributed by atoms with van der Waals surface area (Å²) >= 11 is 0. The molecule has 3 heterocycles. The lowest BCUT2D eigenvalue weighted by atomic mass is 9.81. The van der Waals surface area contributed by atoms with Crippen LogP contribution < -0.4 is 10.1 Å². The van der Waals surface area contributed by atoms with Gasteiger partial charge in [0.1, 0.15) is 12.4 Å². The molecule has 0 radical (unpaired) electrons. The van der Waals surface area contributed by atoms with Crippen LogP contribution in [0.15, 0.2) is 40.9 Å². The first-order valence-electron chi connectivity index (χ1n) is 11.4. The Morgan fingerprint density at radius 2 is 1.88 bits per heavy atom. The van der Waals surface area contributed by atoms with E-state index in [0.29, 0.717) is 56.8 Å². The normalized spacial score (nSPS) is 21.4. The summed E-state index contributed by atoms with van der Waals surface area (Å²) < 4.78 is 11.2. The molecule has 2 saturated heterocycles. The lowest BCUT2D eigenvalue weighted by Crippen LogP contribution is -2.51. The van der Waals surface area contributed by atoms with Crippen LogP contribution in [-0.4, -0.2) is 66.0 Å². The van der Waals surface area contributed by atoms with Gasteiger partial charge in [0.15, 0.2) is 5.76 Å². The molecule has 1 aromatic carbocycles. The average molecular weight is 441 g/mol. The van der Waals surface area contributed by atoms with E-state index in [-0.39, 0.29) is 11.8 Å². The van der Waals surface area contributed by atoms with Crippen molar-refractivity contribution in [3.05, 3.63) is 47.9 Å². The minimum atomic E-state index is 0.0802. The number of hydrogen-bond acceptors (Lipinski definition) is 6. The number of carbonyl (C=O) groups excluding carboxylic acids is 2. The van der Waals surface area contributed by atoms with Crippen LogP contribution in [0.3, 0.4) is 0 Å². The molecule has 2 atom stereocenters. The summed E-state index contributed by atoms with van der Waals surface area (Å²) in [5, 5.41) is 7.69. The number of aromatic nitrogens is 1. The van der Waals surface area contributed by atoms with Gasteiger partial charge in [-0.1, -0.05) is 23.4 Å². The molecule has 2 aliphatic heterocycles. The summed E-state index contributed by atoms with van der Waals surface area (Å²) in [4.78, 5) is 28.2. The Morgan fingerprint density at radius 1 is 1.12 bits per heavy atom. The Bertz CT molecular complexity index is 892. The van der Waals surface area contributed by atoms with Crippen molar-refractivity contribution in [1.29, 1.82) is 0 Å². The van der Waals surface area contributed by atoms with Crippen molar-refractivity contribution in [3.63, 3.8) is 0 Å². The highest BCUT2D eigenvalue weighted by atomic mass is 16.5. The van der Waals surface area contributed by atoms with E-state index in [0.717, 1.165) is 37.4 Å². The van der Waals surface area contributed by atoms with Crippen LogP contribution in [-0.2, 0) is 22.6 Å². The molecule has 2 amide bonds. The first-order chi connectivity index (χ1) is 15.6. The first-order valence-corrected chi connectivity index (χ1v) is 11.4. The SMILES string of the molecule is CC(=O)N1CCN(C(=O)CC2CCNCC2Cc2cc(COc3ccccc3)on2)CC1. The predicted octanol–water partition coefficient (Wildman–Crippen LogP) is 2.10. The van der Waals surface area contributed by atoms with Crippen LogP contribution >= 0.6 is 0 Å². The Balaban J connectivity index is 1.28. The summed E-state index contributed by atoms with van der Waals surface area (Å²) in [6.45, 7) is 6.24. The average Bonchev–Trinajstić information content (AvgIpc) is 3.27. The van der Waals surface area contributed by atoms with Crippen molar-refractivity contribution in [1.82, 2.24) is 20.3 Å². The molecule has 2 fully saturated rings. The van der Waals surface area contributed by atoms with Gasteiger partial charge in [0.25, 0.3) is 0 Å². The molecule has 8 heteroatoms. The molecule has 0 aliphatic carbocycles. The van der Waals surface area contributed by atoms with E-state index in [1.807, 2.05) is 41.3 Å². The van der Waals surface area contributed by atoms with E-state index < -0.39 is 0 Å². The Kier molecular flexibility index (Phi) is 7.42. The summed E-state index contributed by atoms with van der Waals surface area (Å²) in [5.74, 6) is 2.42. The monoisotopic (exact) mass is 440 g/mol. The second-order valence-electron chi connectivity index (χ2n) is 8.69. The number of piperazine rings is 1. The highest BCUT2D eigenvalue weighted by molar-refractivity contribution is 5.77. The minimum absolute atomic E-state index is 0.0802. The lowest BCUT2D eigenvalue weighted by molar-refractivity contribution is -0.139. The first kappa shape index (κ1) is 22.3. The van der Waals surface area contributed by atoms with Gasteiger partial charge in [-0.2, -0.15) is 0 Å². The fourth-order valence-electron chi connectivity index (χ4n) is 4.57. The van der Waals surface area contributed by atoms with E-state index in [1.165, 1.54) is 0 Å². The van der Waals surface area contributed by atoms with E-state index in [9.17, 15) is 9.59 Å². The van der Waals surface area contributed by atoms with Gasteiger partial charge in [0.2, 0.25) is 11.8 Å². The zero-order valence-corrected chi connectivity index (χ0v) is 18.7. The van der Waals surface area contributed by atoms with Gasteiger partial charge in [-0.05, 0) is 49.9 Å². The zero-order chi connectivity index (χ0) is 22.3. The van der Waals surface area contributed by atoms with Crippen LogP contribution in [0.4, 0.5) is 0 Å². The standard InChI is InChI=1S/C24H32N4O4/c1-18(29)27-9-11-28(12-10-27)24(30)14-19-7-8-25-16-20(19)13-21-15-23(32-26-21)17-31-22-5-3-2-4-6-22/h2-6,15,19-20,25H,7-14,16-17H2,1H3. The summed E-state index contributed by atoms with van der Waals surface area (Å²) in [6, 6.07) is 11.6. The number of para-hydroxylation sites is 1. The number of rotatable bonds is 7. The number of amides is 2. The number of piperidine rings is 1. The lowest BCUT2D eigenvalue weighted by Gasteiger charge is -2.37. The third-order valence-corrected chi connectivity index (χ3v) is 6.48. The third-order valence-electron chi connectivity index (χ3n) is 6.48. The van der Waals surface area contributed by atoms with Crippen molar-refractivity contribution in [2.24, 2.45) is 11.8 Å². The molecule has 1 aromatic heterocycles. The Labute approximate surface area is 188 Å². The van der Waals surface area contributed by atoms with Gasteiger partial charge in [0.05, 0.1) is 5.69 Å². The van der Waals surface area contributed by atoms with Crippen LogP contribution in [0.1, 0.15) is 31.2 Å². The second kappa shape index (κ2) is 10.6. The van der Waals surface area contributed by atoms with Crippen LogP contribution in [0.5, 0.6) is 5.75 Å². The van der Waals surface area contributed by atoms with Gasteiger partial charge in [-0.3, -0.25) is 9.59 Å². The van der Waals surface area contributed by atoms with Gasteiger partial charge >= 0.3 is 0 Å². The smallest absolute Gasteiger partial charge is 0.222 e. The molecule has 2 aromatic rings. The molecule has 0 saturated carbocycles. The molecule has 0 spiro atoms. The highest BCUT2D eigenvalue weighted by Crippen LogP contribution is 2.27. The Morgan fingerprint density at radius 3 is 2.62 bits per heavy atom. The van der Waals surface area contributed by atoms with Gasteiger partial charge < -0.3 is 24.4 Å². The molecular formula is C24H32N4O4. The van der Waals surface area contributed by atoms with Gasteiger partial charge in [-0.15, -0.1) is 0 Å². The van der Waals surface area contributed by atoms with Crippen molar-refractivity contribution in [3.8, 4) is 5.75 Å². The topological polar surface area (TPSA) is 87.9 Å². The minimum Gasteiger partial charge on any atom is -0.486 e. The molecule has 0 bridgehead atoms. The molecule has 8 nitrogen and oxygen atoms in total. The maximum absolute atomic E-state index is 12.9. The number of nitrogens with one attached hydrogen (secondary N) is 1. The Hall–Kier alpha value is -2.87. The molecule has 1 N–H and O–H groups in total. The molecule has 4 rings (SSSR count).